The third kappa shape index (κ3) is 3.65. The molecule has 1 heterocycles. The van der Waals surface area contributed by atoms with Crippen molar-refractivity contribution in [2.45, 2.75) is 19.5 Å². The lowest BCUT2D eigenvalue weighted by atomic mass is 10.1. The first kappa shape index (κ1) is 15.6. The number of hydrogen-bond acceptors (Lipinski definition) is 5. The van der Waals surface area contributed by atoms with Gasteiger partial charge in [-0.25, -0.2) is 14.2 Å². The van der Waals surface area contributed by atoms with Crippen molar-refractivity contribution < 1.29 is 13.9 Å². The molecule has 6 heteroatoms. The molecule has 1 atom stereocenters. The molecule has 0 radical (unpaired) electrons. The number of benzene rings is 1. The summed E-state index contributed by atoms with van der Waals surface area (Å²) in [6.07, 6.45) is 0. The van der Waals surface area contributed by atoms with Gasteiger partial charge in [0.2, 0.25) is 0 Å². The van der Waals surface area contributed by atoms with E-state index in [0.717, 1.165) is 10.7 Å². The molecule has 112 valence electrons. The summed E-state index contributed by atoms with van der Waals surface area (Å²) < 4.78 is 18.8. The molecule has 0 saturated carbocycles. The van der Waals surface area contributed by atoms with Gasteiger partial charge in [-0.1, -0.05) is 18.2 Å². The maximum atomic E-state index is 14.0. The zero-order valence-electron chi connectivity index (χ0n) is 12.2. The molecular weight excluding hydrogens is 291 g/mol. The Morgan fingerprint density at radius 2 is 2.19 bits per heavy atom. The number of aromatic nitrogens is 1. The van der Waals surface area contributed by atoms with Gasteiger partial charge in [-0.05, 0) is 20.0 Å². The van der Waals surface area contributed by atoms with Crippen LogP contribution in [0, 0.1) is 12.7 Å². The monoisotopic (exact) mass is 308 g/mol. The Labute approximate surface area is 127 Å². The van der Waals surface area contributed by atoms with Gasteiger partial charge < -0.3 is 4.74 Å². The van der Waals surface area contributed by atoms with Gasteiger partial charge in [-0.3, -0.25) is 4.90 Å². The SMILES string of the molecule is COC(=O)[C@@H](c1ccccc1F)N(C)Cc1nc(C)cs1. The van der Waals surface area contributed by atoms with E-state index in [0.29, 0.717) is 12.1 Å². The number of ether oxygens (including phenoxy) is 1. The summed E-state index contributed by atoms with van der Waals surface area (Å²) in [6.45, 7) is 2.36. The first-order chi connectivity index (χ1) is 10.0. The number of likely N-dealkylation sites (N-methyl/N-ethyl adjacent to an activating group) is 1. The summed E-state index contributed by atoms with van der Waals surface area (Å²) in [6, 6.07) is 5.45. The summed E-state index contributed by atoms with van der Waals surface area (Å²) in [4.78, 5) is 18.2. The van der Waals surface area contributed by atoms with Gasteiger partial charge in [0.05, 0.1) is 13.7 Å². The molecular formula is C15H17FN2O2S. The van der Waals surface area contributed by atoms with Gasteiger partial charge >= 0.3 is 5.97 Å². The van der Waals surface area contributed by atoms with Gasteiger partial charge in [-0.2, -0.15) is 0 Å². The third-order valence-corrected chi connectivity index (χ3v) is 4.07. The van der Waals surface area contributed by atoms with Crippen LogP contribution in [0.25, 0.3) is 0 Å². The van der Waals surface area contributed by atoms with Crippen LogP contribution in [-0.4, -0.2) is 30.0 Å². The summed E-state index contributed by atoms with van der Waals surface area (Å²) in [5, 5.41) is 2.82. The Kier molecular flexibility index (Phi) is 5.03. The summed E-state index contributed by atoms with van der Waals surface area (Å²) in [5.41, 5.74) is 1.24. The average molecular weight is 308 g/mol. The Balaban J connectivity index is 2.28. The zero-order chi connectivity index (χ0) is 15.4. The van der Waals surface area contributed by atoms with E-state index < -0.39 is 17.8 Å². The third-order valence-electron chi connectivity index (χ3n) is 3.12. The molecule has 0 aliphatic carbocycles. The van der Waals surface area contributed by atoms with Gasteiger partial charge in [0, 0.05) is 16.6 Å². The molecule has 1 aromatic heterocycles. The quantitative estimate of drug-likeness (QED) is 0.797. The molecule has 0 spiro atoms. The lowest BCUT2D eigenvalue weighted by Gasteiger charge is -2.25. The van der Waals surface area contributed by atoms with Crippen molar-refractivity contribution in [3.63, 3.8) is 0 Å². The van der Waals surface area contributed by atoms with E-state index in [4.69, 9.17) is 4.74 Å². The van der Waals surface area contributed by atoms with Crippen LogP contribution >= 0.6 is 11.3 Å². The number of nitrogens with zero attached hydrogens (tertiary/aromatic N) is 2. The van der Waals surface area contributed by atoms with Crippen molar-refractivity contribution in [3.8, 4) is 0 Å². The van der Waals surface area contributed by atoms with Crippen LogP contribution in [0.15, 0.2) is 29.6 Å². The maximum Gasteiger partial charge on any atom is 0.327 e. The second-order valence-electron chi connectivity index (χ2n) is 4.74. The van der Waals surface area contributed by atoms with Gasteiger partial charge in [0.1, 0.15) is 16.9 Å². The smallest absolute Gasteiger partial charge is 0.327 e. The molecule has 0 saturated heterocycles. The number of carbonyl (C=O) groups excluding carboxylic acids is 1. The Bertz CT molecular complexity index is 630. The van der Waals surface area contributed by atoms with Crippen molar-refractivity contribution in [1.29, 1.82) is 0 Å². The number of hydrogen-bond donors (Lipinski definition) is 0. The summed E-state index contributed by atoms with van der Waals surface area (Å²) in [7, 11) is 3.06. The van der Waals surface area contributed by atoms with Crippen LogP contribution in [-0.2, 0) is 16.1 Å². The van der Waals surface area contributed by atoms with Crippen molar-refractivity contribution >= 4 is 17.3 Å². The number of carbonyl (C=O) groups is 1. The van der Waals surface area contributed by atoms with Crippen LogP contribution < -0.4 is 0 Å². The average Bonchev–Trinajstić information content (AvgIpc) is 2.86. The highest BCUT2D eigenvalue weighted by Crippen LogP contribution is 2.25. The number of esters is 1. The highest BCUT2D eigenvalue weighted by atomic mass is 32.1. The molecule has 4 nitrogen and oxygen atoms in total. The fourth-order valence-electron chi connectivity index (χ4n) is 2.13. The summed E-state index contributed by atoms with van der Waals surface area (Å²) >= 11 is 1.52. The van der Waals surface area contributed by atoms with Crippen LogP contribution in [0.5, 0.6) is 0 Å². The highest BCUT2D eigenvalue weighted by Gasteiger charge is 2.29. The molecule has 0 amide bonds. The van der Waals surface area contributed by atoms with Crippen molar-refractivity contribution in [2.24, 2.45) is 0 Å². The molecule has 1 aromatic carbocycles. The molecule has 0 N–H and O–H groups in total. The molecule has 2 rings (SSSR count). The highest BCUT2D eigenvalue weighted by molar-refractivity contribution is 7.09. The Hall–Kier alpha value is -1.79. The summed E-state index contributed by atoms with van der Waals surface area (Å²) in [5.74, 6) is -0.911. The van der Waals surface area contributed by atoms with Crippen LogP contribution in [0.1, 0.15) is 22.3 Å². The number of halogens is 1. The Morgan fingerprint density at radius 1 is 1.48 bits per heavy atom. The van der Waals surface area contributed by atoms with E-state index in [9.17, 15) is 9.18 Å². The second kappa shape index (κ2) is 6.78. The fraction of sp³-hybridized carbons (Fsp3) is 0.333. The molecule has 0 fully saturated rings. The van der Waals surface area contributed by atoms with Crippen LogP contribution in [0.4, 0.5) is 4.39 Å². The van der Waals surface area contributed by atoms with E-state index >= 15 is 0 Å². The minimum absolute atomic E-state index is 0.306. The topological polar surface area (TPSA) is 42.4 Å². The predicted molar refractivity (Wildman–Crippen MR) is 79.5 cm³/mol. The minimum Gasteiger partial charge on any atom is -0.468 e. The predicted octanol–water partition coefficient (Wildman–Crippen LogP) is 2.94. The molecule has 0 unspecified atom stereocenters. The molecule has 21 heavy (non-hydrogen) atoms. The van der Waals surface area contributed by atoms with Crippen molar-refractivity contribution in [3.05, 3.63) is 51.7 Å². The largest absolute Gasteiger partial charge is 0.468 e. The maximum absolute atomic E-state index is 14.0. The molecule has 0 aliphatic heterocycles. The standard InChI is InChI=1S/C15H17FN2O2S/c1-10-9-21-13(17-10)8-18(2)14(15(19)20-3)11-6-4-5-7-12(11)16/h4-7,9,14H,8H2,1-3H3/t14-/m1/s1. The van der Waals surface area contributed by atoms with Crippen molar-refractivity contribution in [2.75, 3.05) is 14.2 Å². The van der Waals surface area contributed by atoms with Crippen molar-refractivity contribution in [1.82, 2.24) is 9.88 Å². The first-order valence-corrected chi connectivity index (χ1v) is 7.34. The van der Waals surface area contributed by atoms with Crippen LogP contribution in [0.3, 0.4) is 0 Å². The normalized spacial score (nSPS) is 12.4. The van der Waals surface area contributed by atoms with E-state index in [1.807, 2.05) is 12.3 Å². The molecule has 0 aliphatic rings. The fourth-order valence-corrected chi connectivity index (χ4v) is 2.97. The van der Waals surface area contributed by atoms with Gasteiger partial charge in [-0.15, -0.1) is 11.3 Å². The molecule has 0 bridgehead atoms. The number of methoxy groups -OCH3 is 1. The van der Waals surface area contributed by atoms with E-state index in [-0.39, 0.29) is 0 Å². The van der Waals surface area contributed by atoms with E-state index in [2.05, 4.69) is 4.98 Å². The van der Waals surface area contributed by atoms with Gasteiger partial charge in [0.25, 0.3) is 0 Å². The number of aryl methyl sites for hydroxylation is 1. The second-order valence-corrected chi connectivity index (χ2v) is 5.69. The number of rotatable bonds is 5. The lowest BCUT2D eigenvalue weighted by molar-refractivity contribution is -0.147. The lowest BCUT2D eigenvalue weighted by Crippen LogP contribution is -2.32. The van der Waals surface area contributed by atoms with Gasteiger partial charge in [0.15, 0.2) is 0 Å². The number of thiazole rings is 1. The zero-order valence-corrected chi connectivity index (χ0v) is 13.0. The first-order valence-electron chi connectivity index (χ1n) is 6.46. The minimum atomic E-state index is -0.791. The van der Waals surface area contributed by atoms with E-state index in [1.54, 1.807) is 30.1 Å². The molecule has 2 aromatic rings. The van der Waals surface area contributed by atoms with Crippen LogP contribution in [0.2, 0.25) is 0 Å². The Morgan fingerprint density at radius 3 is 2.76 bits per heavy atom. The van der Waals surface area contributed by atoms with E-state index in [1.165, 1.54) is 24.5 Å².